The number of piperidine rings is 1. The lowest BCUT2D eigenvalue weighted by Crippen LogP contribution is -2.54. The fourth-order valence-electron chi connectivity index (χ4n) is 3.81. The van der Waals surface area contributed by atoms with Gasteiger partial charge in [-0.05, 0) is 43.5 Å². The van der Waals surface area contributed by atoms with Gasteiger partial charge in [0.2, 0.25) is 0 Å². The molecule has 0 saturated carbocycles. The minimum Gasteiger partial charge on any atom is -0.334 e. The average Bonchev–Trinajstić information content (AvgIpc) is 3.24. The number of piperazine rings is 1. The first-order valence-electron chi connectivity index (χ1n) is 9.75. The Balaban J connectivity index is 1.40. The van der Waals surface area contributed by atoms with Crippen molar-refractivity contribution in [3.63, 3.8) is 0 Å². The molecule has 0 N–H and O–H groups in total. The van der Waals surface area contributed by atoms with Crippen molar-refractivity contribution in [3.8, 4) is 5.69 Å². The Morgan fingerprint density at radius 2 is 1.43 bits per heavy atom. The van der Waals surface area contributed by atoms with Crippen LogP contribution in [0.2, 0.25) is 0 Å². The van der Waals surface area contributed by atoms with Gasteiger partial charge in [-0.3, -0.25) is 9.36 Å². The minimum atomic E-state index is -0.328. The van der Waals surface area contributed by atoms with Crippen molar-refractivity contribution in [1.29, 1.82) is 0 Å². The van der Waals surface area contributed by atoms with E-state index in [1.807, 2.05) is 9.80 Å². The summed E-state index contributed by atoms with van der Waals surface area (Å²) in [6.45, 7) is 3.71. The molecule has 2 aromatic rings. The van der Waals surface area contributed by atoms with Crippen LogP contribution in [0.4, 0.5) is 9.18 Å². The Morgan fingerprint density at radius 3 is 2.11 bits per heavy atom. The first-order valence-corrected chi connectivity index (χ1v) is 9.75. The summed E-state index contributed by atoms with van der Waals surface area (Å²) in [4.78, 5) is 35.2. The van der Waals surface area contributed by atoms with Crippen LogP contribution < -0.4 is 0 Å². The third-order valence-electron chi connectivity index (χ3n) is 5.43. The predicted molar refractivity (Wildman–Crippen MR) is 102 cm³/mol. The Bertz CT molecular complexity index is 837. The fourth-order valence-corrected chi connectivity index (χ4v) is 3.81. The number of urea groups is 1. The van der Waals surface area contributed by atoms with Crippen LogP contribution in [0.1, 0.15) is 29.8 Å². The maximum atomic E-state index is 13.2. The number of nitrogens with zero attached hydrogens (tertiary/aromatic N) is 5. The molecule has 2 aliphatic rings. The number of benzene rings is 1. The summed E-state index contributed by atoms with van der Waals surface area (Å²) in [5.41, 5.74) is 1.11. The van der Waals surface area contributed by atoms with E-state index in [1.165, 1.54) is 24.8 Å². The number of carbonyl (C=O) groups excluding carboxylic acids is 2. The molecule has 0 unspecified atom stereocenters. The summed E-state index contributed by atoms with van der Waals surface area (Å²) >= 11 is 0. The second-order valence-electron chi connectivity index (χ2n) is 7.23. The highest BCUT2D eigenvalue weighted by Crippen LogP contribution is 2.17. The van der Waals surface area contributed by atoms with E-state index in [1.54, 1.807) is 27.9 Å². The molecule has 3 heterocycles. The highest BCUT2D eigenvalue weighted by atomic mass is 19.1. The molecule has 0 spiro atoms. The van der Waals surface area contributed by atoms with Gasteiger partial charge in [0.1, 0.15) is 11.5 Å². The lowest BCUT2D eigenvalue weighted by Gasteiger charge is -2.38. The topological polar surface area (TPSA) is 61.7 Å². The van der Waals surface area contributed by atoms with Gasteiger partial charge in [-0.2, -0.15) is 0 Å². The molecule has 0 aliphatic carbocycles. The van der Waals surface area contributed by atoms with E-state index in [2.05, 4.69) is 4.98 Å². The van der Waals surface area contributed by atoms with Crippen molar-refractivity contribution in [2.75, 3.05) is 39.3 Å². The van der Waals surface area contributed by atoms with Crippen LogP contribution in [0.25, 0.3) is 5.69 Å². The predicted octanol–water partition coefficient (Wildman–Crippen LogP) is 2.38. The zero-order chi connectivity index (χ0) is 19.5. The van der Waals surface area contributed by atoms with Crippen molar-refractivity contribution in [3.05, 3.63) is 48.3 Å². The third kappa shape index (κ3) is 3.72. The zero-order valence-corrected chi connectivity index (χ0v) is 15.8. The number of halogens is 1. The molecule has 2 aliphatic heterocycles. The molecular formula is C20H24FN5O2. The fraction of sp³-hybridized carbons (Fsp3) is 0.450. The molecule has 2 fully saturated rings. The van der Waals surface area contributed by atoms with Crippen molar-refractivity contribution < 1.29 is 14.0 Å². The molecule has 3 amide bonds. The summed E-state index contributed by atoms with van der Waals surface area (Å²) in [6, 6.07) is 6.03. The number of imidazole rings is 1. The summed E-state index contributed by atoms with van der Waals surface area (Å²) < 4.78 is 14.8. The summed E-state index contributed by atoms with van der Waals surface area (Å²) in [7, 11) is 0. The Hall–Kier alpha value is -2.90. The highest BCUT2D eigenvalue weighted by molar-refractivity contribution is 5.93. The normalized spacial score (nSPS) is 17.7. The maximum Gasteiger partial charge on any atom is 0.320 e. The first kappa shape index (κ1) is 18.5. The SMILES string of the molecule is O=C(c1cncn1-c1ccc(F)cc1)N1CCN(C(=O)N2CCCCC2)CC1. The third-order valence-corrected chi connectivity index (χ3v) is 5.43. The average molecular weight is 385 g/mol. The molecule has 4 rings (SSSR count). The Labute approximate surface area is 163 Å². The molecule has 148 valence electrons. The van der Waals surface area contributed by atoms with Crippen LogP contribution in [0.15, 0.2) is 36.8 Å². The van der Waals surface area contributed by atoms with Crippen LogP contribution in [0.5, 0.6) is 0 Å². The highest BCUT2D eigenvalue weighted by Gasteiger charge is 2.29. The number of hydrogen-bond donors (Lipinski definition) is 0. The summed E-state index contributed by atoms with van der Waals surface area (Å²) in [5.74, 6) is -0.460. The van der Waals surface area contributed by atoms with Gasteiger partial charge in [-0.15, -0.1) is 0 Å². The van der Waals surface area contributed by atoms with E-state index in [0.717, 1.165) is 25.9 Å². The molecule has 0 bridgehead atoms. The van der Waals surface area contributed by atoms with E-state index in [-0.39, 0.29) is 17.8 Å². The van der Waals surface area contributed by atoms with Crippen LogP contribution in [0.3, 0.4) is 0 Å². The van der Waals surface area contributed by atoms with Crippen LogP contribution in [-0.2, 0) is 0 Å². The standard InChI is InChI=1S/C20H24FN5O2/c21-16-4-6-17(7-5-16)26-15-22-14-18(26)19(27)23-10-12-25(13-11-23)20(28)24-8-2-1-3-9-24/h4-7,14-15H,1-3,8-13H2. The van der Waals surface area contributed by atoms with Gasteiger partial charge in [0.05, 0.1) is 12.5 Å². The molecular weight excluding hydrogens is 361 g/mol. The lowest BCUT2D eigenvalue weighted by molar-refractivity contribution is 0.0625. The van der Waals surface area contributed by atoms with Gasteiger partial charge < -0.3 is 14.7 Å². The lowest BCUT2D eigenvalue weighted by atomic mass is 10.1. The first-order chi connectivity index (χ1) is 13.6. The molecule has 7 nitrogen and oxygen atoms in total. The zero-order valence-electron chi connectivity index (χ0n) is 15.8. The Morgan fingerprint density at radius 1 is 0.821 bits per heavy atom. The Kier molecular flexibility index (Phi) is 5.27. The van der Waals surface area contributed by atoms with Crippen LogP contribution >= 0.6 is 0 Å². The van der Waals surface area contributed by atoms with Crippen LogP contribution in [-0.4, -0.2) is 75.5 Å². The molecule has 1 aromatic carbocycles. The number of likely N-dealkylation sites (tertiary alicyclic amines) is 1. The van der Waals surface area contributed by atoms with E-state index in [0.29, 0.717) is 37.6 Å². The maximum absolute atomic E-state index is 13.2. The number of carbonyl (C=O) groups is 2. The smallest absolute Gasteiger partial charge is 0.320 e. The van der Waals surface area contributed by atoms with Gasteiger partial charge in [-0.1, -0.05) is 0 Å². The molecule has 1 aromatic heterocycles. The number of aromatic nitrogens is 2. The van der Waals surface area contributed by atoms with E-state index in [9.17, 15) is 14.0 Å². The van der Waals surface area contributed by atoms with Gasteiger partial charge >= 0.3 is 6.03 Å². The molecule has 0 radical (unpaired) electrons. The van der Waals surface area contributed by atoms with Crippen molar-refractivity contribution in [2.24, 2.45) is 0 Å². The summed E-state index contributed by atoms with van der Waals surface area (Å²) in [5, 5.41) is 0. The second kappa shape index (κ2) is 8.00. The van der Waals surface area contributed by atoms with Gasteiger partial charge in [0, 0.05) is 45.0 Å². The molecule has 0 atom stereocenters. The molecule has 2 saturated heterocycles. The van der Waals surface area contributed by atoms with E-state index in [4.69, 9.17) is 0 Å². The second-order valence-corrected chi connectivity index (χ2v) is 7.23. The quantitative estimate of drug-likeness (QED) is 0.797. The van der Waals surface area contributed by atoms with Crippen molar-refractivity contribution in [1.82, 2.24) is 24.3 Å². The van der Waals surface area contributed by atoms with E-state index < -0.39 is 0 Å². The monoisotopic (exact) mass is 385 g/mol. The molecule has 8 heteroatoms. The van der Waals surface area contributed by atoms with Crippen molar-refractivity contribution in [2.45, 2.75) is 19.3 Å². The van der Waals surface area contributed by atoms with Gasteiger partial charge in [0.15, 0.2) is 0 Å². The largest absolute Gasteiger partial charge is 0.334 e. The number of hydrogen-bond acceptors (Lipinski definition) is 3. The van der Waals surface area contributed by atoms with Gasteiger partial charge in [-0.25, -0.2) is 14.2 Å². The number of rotatable bonds is 2. The summed E-state index contributed by atoms with van der Waals surface area (Å²) in [6.07, 6.45) is 6.40. The minimum absolute atomic E-state index is 0.0863. The van der Waals surface area contributed by atoms with Crippen molar-refractivity contribution >= 4 is 11.9 Å². The number of amides is 3. The molecule has 28 heavy (non-hydrogen) atoms. The van der Waals surface area contributed by atoms with Gasteiger partial charge in [0.25, 0.3) is 5.91 Å². The van der Waals surface area contributed by atoms with E-state index >= 15 is 0 Å². The van der Waals surface area contributed by atoms with Crippen LogP contribution in [0, 0.1) is 5.82 Å².